The van der Waals surface area contributed by atoms with Gasteiger partial charge in [-0.15, -0.1) is 0 Å². The van der Waals surface area contributed by atoms with Crippen molar-refractivity contribution in [3.8, 4) is 0 Å². The molecule has 2 atom stereocenters. The van der Waals surface area contributed by atoms with Crippen LogP contribution in [-0.2, 0) is 11.3 Å². The van der Waals surface area contributed by atoms with Crippen LogP contribution in [0.4, 0.5) is 5.95 Å². The first-order chi connectivity index (χ1) is 11.7. The molecule has 2 saturated heterocycles. The predicted molar refractivity (Wildman–Crippen MR) is 94.8 cm³/mol. The van der Waals surface area contributed by atoms with Gasteiger partial charge < -0.3 is 15.1 Å². The Morgan fingerprint density at radius 1 is 1.25 bits per heavy atom. The molecule has 1 aromatic heterocycles. The molecule has 3 rings (SSSR count). The highest BCUT2D eigenvalue weighted by molar-refractivity contribution is 5.73. The van der Waals surface area contributed by atoms with E-state index in [4.69, 9.17) is 0 Å². The Bertz CT molecular complexity index is 541. The molecular formula is C18H29N5O. The molecule has 3 heterocycles. The second-order valence-corrected chi connectivity index (χ2v) is 6.99. The zero-order chi connectivity index (χ0) is 16.9. The lowest BCUT2D eigenvalue weighted by Crippen LogP contribution is -2.50. The fourth-order valence-electron chi connectivity index (χ4n) is 3.77. The highest BCUT2D eigenvalue weighted by atomic mass is 16.2. The lowest BCUT2D eigenvalue weighted by molar-refractivity contribution is -0.131. The Morgan fingerprint density at radius 3 is 2.58 bits per heavy atom. The number of carbonyl (C=O) groups is 1. The lowest BCUT2D eigenvalue weighted by atomic mass is 9.89. The molecule has 0 aliphatic carbocycles. The van der Waals surface area contributed by atoms with Crippen molar-refractivity contribution in [2.75, 3.05) is 31.1 Å². The van der Waals surface area contributed by atoms with Gasteiger partial charge in [0.15, 0.2) is 0 Å². The first kappa shape index (κ1) is 17.1. The van der Waals surface area contributed by atoms with Crippen molar-refractivity contribution >= 4 is 11.9 Å². The van der Waals surface area contributed by atoms with Gasteiger partial charge in [-0.25, -0.2) is 9.97 Å². The van der Waals surface area contributed by atoms with Gasteiger partial charge in [0.05, 0.1) is 0 Å². The Labute approximate surface area is 144 Å². The molecule has 1 aromatic rings. The number of hydrogen-bond acceptors (Lipinski definition) is 5. The van der Waals surface area contributed by atoms with Crippen molar-refractivity contribution in [1.29, 1.82) is 0 Å². The van der Waals surface area contributed by atoms with Crippen molar-refractivity contribution in [3.05, 3.63) is 18.0 Å². The molecule has 0 unspecified atom stereocenters. The largest absolute Gasteiger partial charge is 0.343 e. The number of likely N-dealkylation sites (tertiary alicyclic amines) is 1. The number of piperidine rings is 1. The maximum Gasteiger partial charge on any atom is 0.225 e. The van der Waals surface area contributed by atoms with Crippen LogP contribution in [0, 0.1) is 5.92 Å². The van der Waals surface area contributed by atoms with Crippen LogP contribution in [0.3, 0.4) is 0 Å². The Kier molecular flexibility index (Phi) is 5.66. The van der Waals surface area contributed by atoms with Gasteiger partial charge in [0.25, 0.3) is 0 Å². The van der Waals surface area contributed by atoms with Crippen molar-refractivity contribution in [2.24, 2.45) is 5.92 Å². The van der Waals surface area contributed by atoms with Crippen molar-refractivity contribution < 1.29 is 4.79 Å². The van der Waals surface area contributed by atoms with Crippen LogP contribution in [0.5, 0.6) is 0 Å². The molecule has 1 amide bonds. The first-order valence-electron chi connectivity index (χ1n) is 9.22. The number of aromatic nitrogens is 2. The van der Waals surface area contributed by atoms with E-state index < -0.39 is 0 Å². The Morgan fingerprint density at radius 2 is 1.96 bits per heavy atom. The molecular weight excluding hydrogens is 302 g/mol. The minimum atomic E-state index is 0.192. The van der Waals surface area contributed by atoms with Gasteiger partial charge in [-0.1, -0.05) is 13.3 Å². The monoisotopic (exact) mass is 331 g/mol. The minimum Gasteiger partial charge on any atom is -0.343 e. The molecule has 6 heteroatoms. The van der Waals surface area contributed by atoms with Crippen molar-refractivity contribution in [2.45, 2.75) is 52.1 Å². The molecule has 0 radical (unpaired) electrons. The van der Waals surface area contributed by atoms with Crippen molar-refractivity contribution in [3.63, 3.8) is 0 Å². The van der Waals surface area contributed by atoms with Crippen LogP contribution in [0.15, 0.2) is 12.4 Å². The molecule has 6 nitrogen and oxygen atoms in total. The second kappa shape index (κ2) is 7.92. The van der Waals surface area contributed by atoms with E-state index >= 15 is 0 Å². The minimum absolute atomic E-state index is 0.192. The number of amides is 1. The van der Waals surface area contributed by atoms with Crippen LogP contribution in [0.2, 0.25) is 0 Å². The zero-order valence-corrected chi connectivity index (χ0v) is 14.9. The fraction of sp³-hybridized carbons (Fsp3) is 0.722. The molecule has 2 aliphatic rings. The maximum absolute atomic E-state index is 11.6. The molecule has 0 spiro atoms. The Balaban J connectivity index is 1.52. The molecule has 2 fully saturated rings. The number of carbonyl (C=O) groups excluding carboxylic acids is 1. The maximum atomic E-state index is 11.6. The van der Waals surface area contributed by atoms with E-state index in [1.54, 1.807) is 6.92 Å². The molecule has 0 bridgehead atoms. The molecule has 132 valence electrons. The summed E-state index contributed by atoms with van der Waals surface area (Å²) in [6.07, 6.45) is 8.48. The summed E-state index contributed by atoms with van der Waals surface area (Å²) >= 11 is 0. The Hall–Kier alpha value is -1.69. The summed E-state index contributed by atoms with van der Waals surface area (Å²) in [4.78, 5) is 24.8. The number of nitrogens with one attached hydrogen (secondary N) is 1. The van der Waals surface area contributed by atoms with Gasteiger partial charge in [0.2, 0.25) is 11.9 Å². The van der Waals surface area contributed by atoms with E-state index in [1.165, 1.54) is 12.8 Å². The second-order valence-electron chi connectivity index (χ2n) is 6.99. The third kappa shape index (κ3) is 4.04. The van der Waals surface area contributed by atoms with E-state index in [0.717, 1.165) is 57.1 Å². The normalized spacial score (nSPS) is 24.4. The number of hydrogen-bond donors (Lipinski definition) is 1. The van der Waals surface area contributed by atoms with Crippen LogP contribution >= 0.6 is 0 Å². The summed E-state index contributed by atoms with van der Waals surface area (Å²) in [5, 5.41) is 3.66. The summed E-state index contributed by atoms with van der Waals surface area (Å²) in [6.45, 7) is 8.54. The smallest absolute Gasteiger partial charge is 0.225 e. The SMILES string of the molecule is CC[C@@H]1CN(C(C)=O)CC[C@H]1NCc1cnc(N2CCCC2)nc1. The van der Waals surface area contributed by atoms with Crippen molar-refractivity contribution in [1.82, 2.24) is 20.2 Å². The third-order valence-corrected chi connectivity index (χ3v) is 5.35. The quantitative estimate of drug-likeness (QED) is 0.892. The van der Waals surface area contributed by atoms with Gasteiger partial charge in [0, 0.05) is 63.6 Å². The summed E-state index contributed by atoms with van der Waals surface area (Å²) < 4.78 is 0. The molecule has 24 heavy (non-hydrogen) atoms. The van der Waals surface area contributed by atoms with E-state index in [9.17, 15) is 4.79 Å². The standard InChI is InChI=1S/C18H29N5O/c1-3-16-13-23(14(2)24)9-6-17(16)19-10-15-11-20-18(21-12-15)22-7-4-5-8-22/h11-12,16-17,19H,3-10,13H2,1-2H3/t16-,17-/m1/s1. The fourth-order valence-corrected chi connectivity index (χ4v) is 3.77. The van der Waals surface area contributed by atoms with E-state index in [1.807, 2.05) is 17.3 Å². The predicted octanol–water partition coefficient (Wildman–Crippen LogP) is 1.81. The van der Waals surface area contributed by atoms with Gasteiger partial charge in [-0.2, -0.15) is 0 Å². The molecule has 0 aromatic carbocycles. The summed E-state index contributed by atoms with van der Waals surface area (Å²) in [5.74, 6) is 1.57. The number of nitrogens with zero attached hydrogens (tertiary/aromatic N) is 4. The van der Waals surface area contributed by atoms with Gasteiger partial charge >= 0.3 is 0 Å². The van der Waals surface area contributed by atoms with Crippen LogP contribution in [0.1, 0.15) is 45.1 Å². The van der Waals surface area contributed by atoms with Crippen LogP contribution in [0.25, 0.3) is 0 Å². The van der Waals surface area contributed by atoms with E-state index in [0.29, 0.717) is 12.0 Å². The van der Waals surface area contributed by atoms with E-state index in [-0.39, 0.29) is 5.91 Å². The lowest BCUT2D eigenvalue weighted by Gasteiger charge is -2.38. The highest BCUT2D eigenvalue weighted by Gasteiger charge is 2.28. The van der Waals surface area contributed by atoms with Gasteiger partial charge in [0.1, 0.15) is 0 Å². The third-order valence-electron chi connectivity index (χ3n) is 5.35. The molecule has 2 aliphatic heterocycles. The molecule has 1 N–H and O–H groups in total. The van der Waals surface area contributed by atoms with Gasteiger partial charge in [-0.3, -0.25) is 4.79 Å². The summed E-state index contributed by atoms with van der Waals surface area (Å²) in [7, 11) is 0. The average Bonchev–Trinajstić information content (AvgIpc) is 3.14. The number of anilines is 1. The number of rotatable bonds is 5. The first-order valence-corrected chi connectivity index (χ1v) is 9.22. The van der Waals surface area contributed by atoms with E-state index in [2.05, 4.69) is 27.1 Å². The van der Waals surface area contributed by atoms with Crippen LogP contribution in [-0.4, -0.2) is 53.0 Å². The van der Waals surface area contributed by atoms with Crippen LogP contribution < -0.4 is 10.2 Å². The average molecular weight is 331 g/mol. The summed E-state index contributed by atoms with van der Waals surface area (Å²) in [5.41, 5.74) is 1.13. The summed E-state index contributed by atoms with van der Waals surface area (Å²) in [6, 6.07) is 0.462. The highest BCUT2D eigenvalue weighted by Crippen LogP contribution is 2.21. The zero-order valence-electron chi connectivity index (χ0n) is 14.9. The molecule has 0 saturated carbocycles. The topological polar surface area (TPSA) is 61.4 Å². The van der Waals surface area contributed by atoms with Gasteiger partial charge in [-0.05, 0) is 25.2 Å².